The molecule has 2 aromatic rings. The second kappa shape index (κ2) is 10.1. The van der Waals surface area contributed by atoms with Crippen LogP contribution in [-0.2, 0) is 22.1 Å². The first kappa shape index (κ1) is 25.4. The van der Waals surface area contributed by atoms with Crippen molar-refractivity contribution < 1.29 is 22.7 Å². The monoisotopic (exact) mass is 477 g/mol. The van der Waals surface area contributed by atoms with E-state index in [2.05, 4.69) is 22.4 Å². The maximum Gasteiger partial charge on any atom is 0.416 e. The summed E-state index contributed by atoms with van der Waals surface area (Å²) in [5.74, 6) is -0.0180. The number of carbonyl (C=O) groups is 1. The molecule has 0 spiro atoms. The van der Waals surface area contributed by atoms with Crippen LogP contribution >= 0.6 is 24.8 Å². The molecule has 0 radical (unpaired) electrons. The molecule has 1 N–H and O–H groups in total. The standard InChI is InChI=1S/C21H22F3N3O2.2ClH/c1-12-8-18-15(19(9-12)29-20(28)16-6-3-7-25-16)11-17(26-27-18)13-4-2-5-14(10-13)21(22,23)24;;/h2,4-5,10-12,16,19,25H,3,6-9H2,1H3;2*1H/t12?,16-,19?;;/m0../s1. The van der Waals surface area contributed by atoms with E-state index in [0.717, 1.165) is 42.8 Å². The van der Waals surface area contributed by atoms with Crippen molar-refractivity contribution in [1.82, 2.24) is 15.5 Å². The second-order valence-corrected chi connectivity index (χ2v) is 7.83. The van der Waals surface area contributed by atoms with Crippen LogP contribution in [0.1, 0.15) is 49.1 Å². The Morgan fingerprint density at radius 1 is 1.19 bits per heavy atom. The summed E-state index contributed by atoms with van der Waals surface area (Å²) in [6, 6.07) is 6.42. The van der Waals surface area contributed by atoms with Crippen molar-refractivity contribution in [1.29, 1.82) is 0 Å². The Balaban J connectivity index is 0.00000171. The predicted molar refractivity (Wildman–Crippen MR) is 114 cm³/mol. The highest BCUT2D eigenvalue weighted by Crippen LogP contribution is 2.37. The van der Waals surface area contributed by atoms with Crippen LogP contribution < -0.4 is 5.32 Å². The van der Waals surface area contributed by atoms with Gasteiger partial charge in [0.2, 0.25) is 0 Å². The minimum absolute atomic E-state index is 0. The molecule has 0 amide bonds. The third-order valence-electron chi connectivity index (χ3n) is 5.50. The van der Waals surface area contributed by atoms with Gasteiger partial charge in [-0.1, -0.05) is 19.1 Å². The van der Waals surface area contributed by atoms with Gasteiger partial charge in [-0.2, -0.15) is 23.4 Å². The minimum atomic E-state index is -4.43. The molecule has 0 bridgehead atoms. The van der Waals surface area contributed by atoms with Gasteiger partial charge in [0, 0.05) is 11.1 Å². The van der Waals surface area contributed by atoms with Crippen LogP contribution in [-0.4, -0.2) is 28.8 Å². The zero-order valence-electron chi connectivity index (χ0n) is 16.8. The Kier molecular flexibility index (Phi) is 8.30. The Morgan fingerprint density at radius 3 is 2.65 bits per heavy atom. The average molecular weight is 478 g/mol. The summed E-state index contributed by atoms with van der Waals surface area (Å²) in [5.41, 5.74) is 1.40. The molecule has 170 valence electrons. The lowest BCUT2D eigenvalue weighted by molar-refractivity contribution is -0.153. The molecule has 2 aliphatic rings. The number of hydrogen-bond acceptors (Lipinski definition) is 5. The molecule has 1 aliphatic carbocycles. The predicted octanol–water partition coefficient (Wildman–Crippen LogP) is 4.92. The van der Waals surface area contributed by atoms with Crippen LogP contribution in [0, 0.1) is 5.92 Å². The Morgan fingerprint density at radius 2 is 1.97 bits per heavy atom. The lowest BCUT2D eigenvalue weighted by Gasteiger charge is -2.29. The van der Waals surface area contributed by atoms with Gasteiger partial charge in [0.05, 0.1) is 17.0 Å². The van der Waals surface area contributed by atoms with Gasteiger partial charge in [-0.05, 0) is 56.3 Å². The van der Waals surface area contributed by atoms with Crippen LogP contribution in [0.5, 0.6) is 0 Å². The summed E-state index contributed by atoms with van der Waals surface area (Å²) >= 11 is 0. The van der Waals surface area contributed by atoms with E-state index in [1.54, 1.807) is 12.1 Å². The number of alkyl halides is 3. The Hall–Kier alpha value is -1.90. The summed E-state index contributed by atoms with van der Waals surface area (Å²) in [6.45, 7) is 2.85. The largest absolute Gasteiger partial charge is 0.456 e. The molecule has 2 heterocycles. The van der Waals surface area contributed by atoms with Gasteiger partial charge in [0.1, 0.15) is 12.1 Å². The van der Waals surface area contributed by atoms with E-state index in [0.29, 0.717) is 24.1 Å². The number of ether oxygens (including phenoxy) is 1. The van der Waals surface area contributed by atoms with E-state index in [9.17, 15) is 18.0 Å². The van der Waals surface area contributed by atoms with Crippen molar-refractivity contribution in [3.05, 3.63) is 47.2 Å². The van der Waals surface area contributed by atoms with Gasteiger partial charge in [0.25, 0.3) is 0 Å². The second-order valence-electron chi connectivity index (χ2n) is 7.83. The Bertz CT molecular complexity index is 921. The number of carbonyl (C=O) groups excluding carboxylic acids is 1. The SMILES string of the molecule is CC1Cc2nnc(-c3cccc(C(F)(F)F)c3)cc2C(OC(=O)[C@@H]2CCCN2)C1.Cl.Cl. The zero-order chi connectivity index (χ0) is 20.6. The number of hydrogen-bond donors (Lipinski definition) is 1. The van der Waals surface area contributed by atoms with Crippen molar-refractivity contribution in [2.24, 2.45) is 5.92 Å². The van der Waals surface area contributed by atoms with Crippen LogP contribution in [0.2, 0.25) is 0 Å². The molecule has 1 aliphatic heterocycles. The van der Waals surface area contributed by atoms with Crippen LogP contribution in [0.4, 0.5) is 13.2 Å². The van der Waals surface area contributed by atoms with Crippen LogP contribution in [0.25, 0.3) is 11.3 Å². The summed E-state index contributed by atoms with van der Waals surface area (Å²) in [5, 5.41) is 11.5. The van der Waals surface area contributed by atoms with Gasteiger partial charge in [-0.3, -0.25) is 4.79 Å². The summed E-state index contributed by atoms with van der Waals surface area (Å²) in [4.78, 5) is 12.5. The first-order chi connectivity index (χ1) is 13.8. The molecule has 0 saturated carbocycles. The third kappa shape index (κ3) is 5.67. The molecular weight excluding hydrogens is 454 g/mol. The van der Waals surface area contributed by atoms with Crippen molar-refractivity contribution in [3.63, 3.8) is 0 Å². The molecule has 5 nitrogen and oxygen atoms in total. The van der Waals surface area contributed by atoms with Gasteiger partial charge in [-0.25, -0.2) is 0 Å². The maximum absolute atomic E-state index is 13.1. The zero-order valence-corrected chi connectivity index (χ0v) is 18.4. The number of aromatic nitrogens is 2. The summed E-state index contributed by atoms with van der Waals surface area (Å²) < 4.78 is 45.0. The van der Waals surface area contributed by atoms with Crippen LogP contribution in [0.3, 0.4) is 0 Å². The van der Waals surface area contributed by atoms with Crippen LogP contribution in [0.15, 0.2) is 30.3 Å². The maximum atomic E-state index is 13.1. The highest BCUT2D eigenvalue weighted by atomic mass is 35.5. The van der Waals surface area contributed by atoms with Crippen molar-refractivity contribution in [2.45, 2.75) is 50.9 Å². The molecule has 2 unspecified atom stereocenters. The minimum Gasteiger partial charge on any atom is -0.456 e. The van der Waals surface area contributed by atoms with E-state index in [4.69, 9.17) is 4.74 Å². The quantitative estimate of drug-likeness (QED) is 0.635. The van der Waals surface area contributed by atoms with Crippen molar-refractivity contribution >= 4 is 30.8 Å². The highest BCUT2D eigenvalue weighted by Gasteiger charge is 2.33. The fourth-order valence-corrected chi connectivity index (χ4v) is 3.99. The number of nitrogens with zero attached hydrogens (tertiary/aromatic N) is 2. The fraction of sp³-hybridized carbons (Fsp3) is 0.476. The number of nitrogens with one attached hydrogen (secondary N) is 1. The van der Waals surface area contributed by atoms with E-state index in [1.807, 2.05) is 0 Å². The molecule has 1 aromatic heterocycles. The van der Waals surface area contributed by atoms with Gasteiger partial charge in [0.15, 0.2) is 0 Å². The van der Waals surface area contributed by atoms with Gasteiger partial charge >= 0.3 is 12.1 Å². The van der Waals surface area contributed by atoms with E-state index >= 15 is 0 Å². The lowest BCUT2D eigenvalue weighted by Crippen LogP contribution is -2.34. The van der Waals surface area contributed by atoms with Gasteiger partial charge < -0.3 is 10.1 Å². The third-order valence-corrected chi connectivity index (χ3v) is 5.50. The summed E-state index contributed by atoms with van der Waals surface area (Å²) in [6.07, 6.45) is -1.87. The molecule has 10 heteroatoms. The first-order valence-electron chi connectivity index (χ1n) is 9.79. The molecule has 4 rings (SSSR count). The molecule has 1 fully saturated rings. The molecular formula is C21H24Cl2F3N3O2. The Labute approximate surface area is 191 Å². The average Bonchev–Trinajstić information content (AvgIpc) is 3.22. The van der Waals surface area contributed by atoms with Crippen molar-refractivity contribution in [3.8, 4) is 11.3 Å². The molecule has 1 aromatic carbocycles. The lowest BCUT2D eigenvalue weighted by atomic mass is 9.85. The van der Waals surface area contributed by atoms with E-state index < -0.39 is 17.8 Å². The normalized spacial score (nSPS) is 22.6. The highest BCUT2D eigenvalue weighted by molar-refractivity contribution is 5.85. The summed E-state index contributed by atoms with van der Waals surface area (Å²) in [7, 11) is 0. The van der Waals surface area contributed by atoms with Crippen molar-refractivity contribution in [2.75, 3.05) is 6.54 Å². The topological polar surface area (TPSA) is 64.1 Å². The smallest absolute Gasteiger partial charge is 0.416 e. The van der Waals surface area contributed by atoms with Gasteiger partial charge in [-0.15, -0.1) is 24.8 Å². The van der Waals surface area contributed by atoms with E-state index in [1.165, 1.54) is 6.07 Å². The number of fused-ring (bicyclic) bond motifs is 1. The molecule has 3 atom stereocenters. The number of benzene rings is 1. The molecule has 31 heavy (non-hydrogen) atoms. The fourth-order valence-electron chi connectivity index (χ4n) is 3.99. The number of rotatable bonds is 3. The van der Waals surface area contributed by atoms with E-state index in [-0.39, 0.29) is 42.7 Å². The first-order valence-corrected chi connectivity index (χ1v) is 9.79. The molecule has 1 saturated heterocycles. The number of halogens is 5. The number of esters is 1.